The van der Waals surface area contributed by atoms with Crippen LogP contribution in [0.15, 0.2) is 36.9 Å². The van der Waals surface area contributed by atoms with E-state index in [1.54, 1.807) is 12.1 Å². The van der Waals surface area contributed by atoms with Crippen molar-refractivity contribution in [2.75, 3.05) is 18.0 Å². The molecule has 0 heterocycles. The summed E-state index contributed by atoms with van der Waals surface area (Å²) in [5.41, 5.74) is 0.781. The van der Waals surface area contributed by atoms with Crippen LogP contribution in [-0.2, 0) is 0 Å². The molecule has 0 bridgehead atoms. The molecular formula is C14H20FN. The van der Waals surface area contributed by atoms with Gasteiger partial charge in [-0.05, 0) is 17.5 Å². The molecule has 0 spiro atoms. The third-order valence-corrected chi connectivity index (χ3v) is 2.21. The fraction of sp³-hybridized carbons (Fsp3) is 0.429. The van der Waals surface area contributed by atoms with Gasteiger partial charge in [0.15, 0.2) is 0 Å². The second-order valence-corrected chi connectivity index (χ2v) is 5.18. The summed E-state index contributed by atoms with van der Waals surface area (Å²) in [5.74, 6) is -0.173. The standard InChI is InChI=1S/C14H20FN/c1-5-10-16(11-14(2,3)4)13-9-7-6-8-12(13)15/h5-9H,1,10-11H2,2-4H3. The van der Waals surface area contributed by atoms with Gasteiger partial charge in [-0.15, -0.1) is 6.58 Å². The van der Waals surface area contributed by atoms with Crippen LogP contribution in [0.3, 0.4) is 0 Å². The first kappa shape index (κ1) is 12.8. The van der Waals surface area contributed by atoms with Gasteiger partial charge >= 0.3 is 0 Å². The molecule has 16 heavy (non-hydrogen) atoms. The lowest BCUT2D eigenvalue weighted by Crippen LogP contribution is -2.33. The first-order chi connectivity index (χ1) is 7.44. The molecule has 0 N–H and O–H groups in total. The van der Waals surface area contributed by atoms with Crippen molar-refractivity contribution in [3.63, 3.8) is 0 Å². The highest BCUT2D eigenvalue weighted by Gasteiger charge is 2.17. The summed E-state index contributed by atoms with van der Waals surface area (Å²) in [6.45, 7) is 11.6. The normalized spacial score (nSPS) is 11.2. The Kier molecular flexibility index (Phi) is 4.11. The molecule has 0 aliphatic heterocycles. The lowest BCUT2D eigenvalue weighted by atomic mass is 9.95. The van der Waals surface area contributed by atoms with Gasteiger partial charge in [0, 0.05) is 13.1 Å². The van der Waals surface area contributed by atoms with Gasteiger partial charge in [0.1, 0.15) is 5.82 Å². The Labute approximate surface area is 97.6 Å². The molecule has 0 aromatic heterocycles. The quantitative estimate of drug-likeness (QED) is 0.698. The van der Waals surface area contributed by atoms with E-state index in [-0.39, 0.29) is 11.2 Å². The van der Waals surface area contributed by atoms with Crippen LogP contribution in [0.2, 0.25) is 0 Å². The Morgan fingerprint density at radius 3 is 2.44 bits per heavy atom. The average Bonchev–Trinajstić information content (AvgIpc) is 2.16. The summed E-state index contributed by atoms with van der Waals surface area (Å²) in [6.07, 6.45) is 1.80. The second-order valence-electron chi connectivity index (χ2n) is 5.18. The number of halogens is 1. The Morgan fingerprint density at radius 1 is 1.31 bits per heavy atom. The molecule has 1 rings (SSSR count). The van der Waals surface area contributed by atoms with Crippen LogP contribution >= 0.6 is 0 Å². The minimum Gasteiger partial charge on any atom is -0.365 e. The first-order valence-corrected chi connectivity index (χ1v) is 5.54. The van der Waals surface area contributed by atoms with E-state index in [0.29, 0.717) is 12.2 Å². The van der Waals surface area contributed by atoms with Gasteiger partial charge < -0.3 is 4.90 Å². The smallest absolute Gasteiger partial charge is 0.146 e. The largest absolute Gasteiger partial charge is 0.365 e. The van der Waals surface area contributed by atoms with Gasteiger partial charge in [0.25, 0.3) is 0 Å². The van der Waals surface area contributed by atoms with Gasteiger partial charge in [-0.25, -0.2) is 4.39 Å². The summed E-state index contributed by atoms with van der Waals surface area (Å²) in [7, 11) is 0. The lowest BCUT2D eigenvalue weighted by molar-refractivity contribution is 0.412. The number of hydrogen-bond donors (Lipinski definition) is 0. The molecule has 0 atom stereocenters. The van der Waals surface area contributed by atoms with Gasteiger partial charge in [0.2, 0.25) is 0 Å². The van der Waals surface area contributed by atoms with Gasteiger partial charge in [0.05, 0.1) is 5.69 Å². The van der Waals surface area contributed by atoms with E-state index in [2.05, 4.69) is 27.4 Å². The highest BCUT2D eigenvalue weighted by molar-refractivity contribution is 5.48. The van der Waals surface area contributed by atoms with E-state index in [4.69, 9.17) is 0 Å². The van der Waals surface area contributed by atoms with Crippen molar-refractivity contribution in [1.29, 1.82) is 0 Å². The third kappa shape index (κ3) is 3.69. The number of anilines is 1. The molecule has 0 saturated carbocycles. The highest BCUT2D eigenvalue weighted by Crippen LogP contribution is 2.23. The molecule has 0 radical (unpaired) electrons. The van der Waals surface area contributed by atoms with E-state index >= 15 is 0 Å². The molecule has 88 valence electrons. The van der Waals surface area contributed by atoms with E-state index in [1.807, 2.05) is 17.0 Å². The first-order valence-electron chi connectivity index (χ1n) is 5.54. The minimum atomic E-state index is -0.173. The third-order valence-electron chi connectivity index (χ3n) is 2.21. The Morgan fingerprint density at radius 2 is 1.94 bits per heavy atom. The molecule has 0 aliphatic rings. The van der Waals surface area contributed by atoms with Crippen LogP contribution in [0.1, 0.15) is 20.8 Å². The summed E-state index contributed by atoms with van der Waals surface area (Å²) in [6, 6.07) is 6.87. The lowest BCUT2D eigenvalue weighted by Gasteiger charge is -2.31. The molecule has 0 unspecified atom stereocenters. The topological polar surface area (TPSA) is 3.24 Å². The molecule has 0 fully saturated rings. The summed E-state index contributed by atoms with van der Waals surface area (Å²) in [5, 5.41) is 0. The zero-order valence-corrected chi connectivity index (χ0v) is 10.3. The van der Waals surface area contributed by atoms with Crippen molar-refractivity contribution in [3.05, 3.63) is 42.7 Å². The molecule has 1 nitrogen and oxygen atoms in total. The molecular weight excluding hydrogens is 201 g/mol. The SMILES string of the molecule is C=CCN(CC(C)(C)C)c1ccccc1F. The van der Waals surface area contributed by atoms with E-state index in [0.717, 1.165) is 6.54 Å². The van der Waals surface area contributed by atoms with Crippen LogP contribution < -0.4 is 4.90 Å². The zero-order chi connectivity index (χ0) is 12.2. The monoisotopic (exact) mass is 221 g/mol. The summed E-state index contributed by atoms with van der Waals surface area (Å²) >= 11 is 0. The van der Waals surface area contributed by atoms with Crippen molar-refractivity contribution < 1.29 is 4.39 Å². The molecule has 1 aromatic carbocycles. The van der Waals surface area contributed by atoms with Crippen LogP contribution in [0.25, 0.3) is 0 Å². The predicted octanol–water partition coefficient (Wildman–Crippen LogP) is 3.86. The molecule has 1 aromatic rings. The number of benzene rings is 1. The van der Waals surface area contributed by atoms with Crippen molar-refractivity contribution in [2.24, 2.45) is 5.41 Å². The van der Waals surface area contributed by atoms with Gasteiger partial charge in [-0.2, -0.15) is 0 Å². The maximum Gasteiger partial charge on any atom is 0.146 e. The zero-order valence-electron chi connectivity index (χ0n) is 10.3. The molecule has 0 saturated heterocycles. The Bertz CT molecular complexity index is 352. The molecule has 2 heteroatoms. The summed E-state index contributed by atoms with van der Waals surface area (Å²) < 4.78 is 13.7. The predicted molar refractivity (Wildman–Crippen MR) is 68.3 cm³/mol. The maximum atomic E-state index is 13.7. The number of rotatable bonds is 4. The van der Waals surface area contributed by atoms with Crippen LogP contribution in [-0.4, -0.2) is 13.1 Å². The van der Waals surface area contributed by atoms with Gasteiger partial charge in [-0.3, -0.25) is 0 Å². The fourth-order valence-electron chi connectivity index (χ4n) is 1.68. The Hall–Kier alpha value is -1.31. The second kappa shape index (κ2) is 5.15. The van der Waals surface area contributed by atoms with Crippen LogP contribution in [0.5, 0.6) is 0 Å². The molecule has 0 aliphatic carbocycles. The van der Waals surface area contributed by atoms with Crippen LogP contribution in [0, 0.1) is 11.2 Å². The van der Waals surface area contributed by atoms with Crippen LogP contribution in [0.4, 0.5) is 10.1 Å². The number of nitrogens with zero attached hydrogens (tertiary/aromatic N) is 1. The van der Waals surface area contributed by atoms with Crippen molar-refractivity contribution in [3.8, 4) is 0 Å². The summed E-state index contributed by atoms with van der Waals surface area (Å²) in [4.78, 5) is 2.02. The maximum absolute atomic E-state index is 13.7. The van der Waals surface area contributed by atoms with Crippen molar-refractivity contribution >= 4 is 5.69 Å². The van der Waals surface area contributed by atoms with E-state index in [9.17, 15) is 4.39 Å². The Balaban J connectivity index is 2.94. The fourth-order valence-corrected chi connectivity index (χ4v) is 1.68. The van der Waals surface area contributed by atoms with Crippen molar-refractivity contribution in [1.82, 2.24) is 0 Å². The highest BCUT2D eigenvalue weighted by atomic mass is 19.1. The minimum absolute atomic E-state index is 0.130. The van der Waals surface area contributed by atoms with Crippen molar-refractivity contribution in [2.45, 2.75) is 20.8 Å². The molecule has 0 amide bonds. The van der Waals surface area contributed by atoms with E-state index in [1.165, 1.54) is 6.07 Å². The number of para-hydroxylation sites is 1. The average molecular weight is 221 g/mol. The number of hydrogen-bond acceptors (Lipinski definition) is 1. The van der Waals surface area contributed by atoms with Gasteiger partial charge in [-0.1, -0.05) is 39.0 Å². The van der Waals surface area contributed by atoms with E-state index < -0.39 is 0 Å².